The number of fused-ring (bicyclic) bond motifs is 2. The normalized spacial score (nSPS) is 12.7. The number of hydrogen-bond acceptors (Lipinski definition) is 2. The van der Waals surface area contributed by atoms with Crippen LogP contribution in [0.4, 0.5) is 0 Å². The topological polar surface area (TPSA) is 73.6 Å². The lowest BCUT2D eigenvalue weighted by atomic mass is 10.1. The highest BCUT2D eigenvalue weighted by Crippen LogP contribution is 2.27. The number of rotatable bonds is 7. The molecule has 0 aliphatic carbocycles. The zero-order valence-corrected chi connectivity index (χ0v) is 17.9. The van der Waals surface area contributed by atoms with E-state index in [0.29, 0.717) is 19.0 Å². The van der Waals surface area contributed by atoms with E-state index in [1.807, 2.05) is 48.8 Å². The van der Waals surface area contributed by atoms with E-state index in [2.05, 4.69) is 46.9 Å². The molecule has 0 bridgehead atoms. The first-order chi connectivity index (χ1) is 15.1. The highest BCUT2D eigenvalue weighted by molar-refractivity contribution is 6.04. The number of hydrogen-bond donors (Lipinski definition) is 2. The summed E-state index contributed by atoms with van der Waals surface area (Å²) in [6.45, 7) is 4.79. The number of nitriles is 1. The predicted octanol–water partition coefficient (Wildman–Crippen LogP) is 5.36. The van der Waals surface area contributed by atoms with E-state index < -0.39 is 0 Å². The van der Waals surface area contributed by atoms with E-state index in [-0.39, 0.29) is 11.5 Å². The van der Waals surface area contributed by atoms with Crippen LogP contribution in [0.5, 0.6) is 0 Å². The first-order valence-corrected chi connectivity index (χ1v) is 10.7. The number of carbonyl (C=O) groups is 1. The quantitative estimate of drug-likeness (QED) is 0.318. The van der Waals surface area contributed by atoms with Gasteiger partial charge in [0.15, 0.2) is 0 Å². The van der Waals surface area contributed by atoms with Crippen LogP contribution in [0.3, 0.4) is 0 Å². The van der Waals surface area contributed by atoms with Crippen molar-refractivity contribution in [3.8, 4) is 6.07 Å². The summed E-state index contributed by atoms with van der Waals surface area (Å²) >= 11 is 0. The molecule has 0 radical (unpaired) electrons. The van der Waals surface area contributed by atoms with E-state index in [4.69, 9.17) is 0 Å². The van der Waals surface area contributed by atoms with Gasteiger partial charge in [0.1, 0.15) is 11.6 Å². The summed E-state index contributed by atoms with van der Waals surface area (Å²) in [6.07, 6.45) is 7.41. The van der Waals surface area contributed by atoms with Crippen LogP contribution in [0.25, 0.3) is 27.9 Å². The van der Waals surface area contributed by atoms with E-state index in [0.717, 1.165) is 39.4 Å². The third kappa shape index (κ3) is 4.10. The molecule has 0 saturated heterocycles. The van der Waals surface area contributed by atoms with Crippen molar-refractivity contribution >= 4 is 33.8 Å². The number of amides is 1. The second kappa shape index (κ2) is 8.93. The molecule has 156 valence electrons. The molecule has 0 spiro atoms. The van der Waals surface area contributed by atoms with Crippen LogP contribution in [0.2, 0.25) is 0 Å². The van der Waals surface area contributed by atoms with Crippen molar-refractivity contribution in [1.82, 2.24) is 14.9 Å². The van der Waals surface area contributed by atoms with Crippen molar-refractivity contribution in [3.63, 3.8) is 0 Å². The summed E-state index contributed by atoms with van der Waals surface area (Å²) < 4.78 is 2.21. The van der Waals surface area contributed by atoms with Gasteiger partial charge in [-0.05, 0) is 43.5 Å². The summed E-state index contributed by atoms with van der Waals surface area (Å²) in [5, 5.41) is 14.7. The zero-order valence-electron chi connectivity index (χ0n) is 17.9. The number of nitrogens with zero attached hydrogens (tertiary/aromatic N) is 2. The second-order valence-electron chi connectivity index (χ2n) is 7.80. The lowest BCUT2D eigenvalue weighted by Gasteiger charge is -2.12. The monoisotopic (exact) mass is 410 g/mol. The minimum atomic E-state index is -0.345. The van der Waals surface area contributed by atoms with Gasteiger partial charge in [-0.1, -0.05) is 43.3 Å². The van der Waals surface area contributed by atoms with Crippen molar-refractivity contribution in [2.45, 2.75) is 32.7 Å². The fourth-order valence-corrected chi connectivity index (χ4v) is 3.96. The fourth-order valence-electron chi connectivity index (χ4n) is 3.96. The van der Waals surface area contributed by atoms with Crippen LogP contribution in [0.15, 0.2) is 66.5 Å². The van der Waals surface area contributed by atoms with E-state index >= 15 is 0 Å². The van der Waals surface area contributed by atoms with Crippen molar-refractivity contribution < 1.29 is 4.79 Å². The maximum absolute atomic E-state index is 12.7. The molecule has 2 aromatic carbocycles. The van der Waals surface area contributed by atoms with Crippen LogP contribution in [-0.4, -0.2) is 22.0 Å². The van der Waals surface area contributed by atoms with Gasteiger partial charge in [-0.2, -0.15) is 5.26 Å². The summed E-state index contributed by atoms with van der Waals surface area (Å²) in [4.78, 5) is 15.9. The Morgan fingerprint density at radius 3 is 2.71 bits per heavy atom. The lowest BCUT2D eigenvalue weighted by molar-refractivity contribution is -0.117. The number of aromatic nitrogens is 2. The molecular formula is C26H26N4O. The smallest absolute Gasteiger partial charge is 0.261 e. The molecule has 1 unspecified atom stereocenters. The van der Waals surface area contributed by atoms with E-state index in [1.165, 1.54) is 0 Å². The van der Waals surface area contributed by atoms with Gasteiger partial charge in [0, 0.05) is 52.3 Å². The maximum atomic E-state index is 12.7. The second-order valence-corrected chi connectivity index (χ2v) is 7.80. The number of carbonyl (C=O) groups excluding carboxylic acids is 1. The Hall–Kier alpha value is -3.78. The van der Waals surface area contributed by atoms with Gasteiger partial charge in [-0.15, -0.1) is 0 Å². The van der Waals surface area contributed by atoms with E-state index in [9.17, 15) is 10.1 Å². The summed E-state index contributed by atoms with van der Waals surface area (Å²) in [5.41, 5.74) is 4.35. The number of benzene rings is 2. The third-order valence-corrected chi connectivity index (χ3v) is 5.86. The molecule has 4 aromatic rings. The average molecular weight is 411 g/mol. The first-order valence-electron chi connectivity index (χ1n) is 10.7. The SMILES string of the molecule is CCC(C)n1cc(/C=C(\C#N)C(=O)NCCc2c[nH]c3ccccc23)c2ccccc21. The third-order valence-electron chi connectivity index (χ3n) is 5.86. The molecule has 0 fully saturated rings. The minimum Gasteiger partial charge on any atom is -0.361 e. The van der Waals surface area contributed by atoms with Crippen LogP contribution in [0, 0.1) is 11.3 Å². The summed E-state index contributed by atoms with van der Waals surface area (Å²) in [7, 11) is 0. The van der Waals surface area contributed by atoms with Gasteiger partial charge < -0.3 is 14.9 Å². The molecule has 1 amide bonds. The Balaban J connectivity index is 1.52. The van der Waals surface area contributed by atoms with Crippen molar-refractivity contribution in [3.05, 3.63) is 77.6 Å². The van der Waals surface area contributed by atoms with Crippen molar-refractivity contribution in [2.75, 3.05) is 6.54 Å². The minimum absolute atomic E-state index is 0.117. The number of nitrogens with one attached hydrogen (secondary N) is 2. The Labute approximate surface area is 182 Å². The molecule has 5 nitrogen and oxygen atoms in total. The number of aromatic amines is 1. The van der Waals surface area contributed by atoms with E-state index in [1.54, 1.807) is 6.08 Å². The zero-order chi connectivity index (χ0) is 21.8. The van der Waals surface area contributed by atoms with Gasteiger partial charge in [0.2, 0.25) is 0 Å². The molecule has 2 heterocycles. The average Bonchev–Trinajstić information content (AvgIpc) is 3.38. The molecule has 2 N–H and O–H groups in total. The molecule has 31 heavy (non-hydrogen) atoms. The molecular weight excluding hydrogens is 384 g/mol. The van der Waals surface area contributed by atoms with Crippen LogP contribution in [-0.2, 0) is 11.2 Å². The predicted molar refractivity (Wildman–Crippen MR) is 126 cm³/mol. The molecule has 0 aliphatic heterocycles. The Bertz CT molecular complexity index is 1300. The van der Waals surface area contributed by atoms with Crippen LogP contribution < -0.4 is 5.32 Å². The summed E-state index contributed by atoms with van der Waals surface area (Å²) in [6, 6.07) is 18.6. The standard InChI is InChI=1S/C26H26N4O/c1-3-18(2)30-17-21(23-9-5-7-11-25(23)30)14-20(15-27)26(31)28-13-12-19-16-29-24-10-6-4-8-22(19)24/h4-11,14,16-18,29H,3,12-13H2,1-2H3,(H,28,31)/b20-14+. The molecule has 1 atom stereocenters. The summed E-state index contributed by atoms with van der Waals surface area (Å²) in [5.74, 6) is -0.345. The molecule has 4 rings (SSSR count). The molecule has 5 heteroatoms. The largest absolute Gasteiger partial charge is 0.361 e. The highest BCUT2D eigenvalue weighted by Gasteiger charge is 2.14. The Morgan fingerprint density at radius 2 is 1.94 bits per heavy atom. The molecule has 0 aliphatic rings. The molecule has 0 saturated carbocycles. The Morgan fingerprint density at radius 1 is 1.19 bits per heavy atom. The van der Waals surface area contributed by atoms with Crippen LogP contribution in [0.1, 0.15) is 37.4 Å². The van der Waals surface area contributed by atoms with Crippen molar-refractivity contribution in [1.29, 1.82) is 5.26 Å². The van der Waals surface area contributed by atoms with Gasteiger partial charge in [-0.3, -0.25) is 4.79 Å². The van der Waals surface area contributed by atoms with Gasteiger partial charge in [0.25, 0.3) is 5.91 Å². The first kappa shape index (κ1) is 20.5. The number of H-pyrrole nitrogens is 1. The van der Waals surface area contributed by atoms with Crippen LogP contribution >= 0.6 is 0 Å². The van der Waals surface area contributed by atoms with Crippen molar-refractivity contribution in [2.24, 2.45) is 0 Å². The van der Waals surface area contributed by atoms with Gasteiger partial charge in [0.05, 0.1) is 0 Å². The highest BCUT2D eigenvalue weighted by atomic mass is 16.1. The molecule has 2 aromatic heterocycles. The fraction of sp³-hybridized carbons (Fsp3) is 0.231. The van der Waals surface area contributed by atoms with Gasteiger partial charge >= 0.3 is 0 Å². The maximum Gasteiger partial charge on any atom is 0.261 e. The lowest BCUT2D eigenvalue weighted by Crippen LogP contribution is -2.26. The Kier molecular flexibility index (Phi) is 5.90. The number of para-hydroxylation sites is 2. The van der Waals surface area contributed by atoms with Gasteiger partial charge in [-0.25, -0.2) is 0 Å².